The van der Waals surface area contributed by atoms with Gasteiger partial charge in [-0.05, 0) is 136 Å². The van der Waals surface area contributed by atoms with Crippen LogP contribution in [0.3, 0.4) is 0 Å². The molecule has 64 heavy (non-hydrogen) atoms. The van der Waals surface area contributed by atoms with Gasteiger partial charge in [-0.15, -0.1) is 0 Å². The van der Waals surface area contributed by atoms with E-state index in [0.29, 0.717) is 5.69 Å². The normalized spacial score (nSPS) is 11.4. The van der Waals surface area contributed by atoms with Crippen molar-refractivity contribution >= 4 is 78.0 Å². The predicted octanol–water partition coefficient (Wildman–Crippen LogP) is 17.6. The quantitative estimate of drug-likeness (QED) is 0.0842. The maximum Gasteiger partial charge on any atom is 0.194 e. The Kier molecular flexibility index (Phi) is 9.81. The predicted molar refractivity (Wildman–Crippen MR) is 269 cm³/mol. The van der Waals surface area contributed by atoms with Crippen LogP contribution in [-0.2, 0) is 0 Å². The van der Waals surface area contributed by atoms with Crippen molar-refractivity contribution in [2.45, 2.75) is 0 Å². The van der Waals surface area contributed by atoms with Crippen LogP contribution in [0, 0.1) is 12.4 Å². The molecule has 0 saturated carbocycles. The van der Waals surface area contributed by atoms with Crippen molar-refractivity contribution in [1.82, 2.24) is 0 Å². The molecule has 2 nitrogen and oxygen atoms in total. The summed E-state index contributed by atoms with van der Waals surface area (Å²) >= 11 is 0. The van der Waals surface area contributed by atoms with Crippen LogP contribution in [0.15, 0.2) is 224 Å². The summed E-state index contributed by atoms with van der Waals surface area (Å²) in [5.41, 5.74) is 12.8. The number of nitrogens with zero attached hydrogens (tertiary/aromatic N) is 2. The largest absolute Gasteiger partial charge is 0.310 e. The van der Waals surface area contributed by atoms with Crippen LogP contribution in [0.2, 0.25) is 0 Å². The SMILES string of the molecule is [C-]#[N+]c1ccc(-c2c3ccccc3c(-c3ccc(-c4ccc(/C=C/c5ccc(N(c6ccc(F)cc6)c6ccc7ccccc7c6)cc5)cc4)cc3)c3ccccc23)c2ccccc12. The highest BCUT2D eigenvalue weighted by Crippen LogP contribution is 2.46. The lowest BCUT2D eigenvalue weighted by molar-refractivity contribution is 0.628. The molecule has 0 aromatic heterocycles. The third-order valence-electron chi connectivity index (χ3n) is 12.3. The van der Waals surface area contributed by atoms with Crippen molar-refractivity contribution in [1.29, 1.82) is 0 Å². The van der Waals surface area contributed by atoms with Gasteiger partial charge in [-0.3, -0.25) is 0 Å². The molecular weight excluding hydrogens is 780 g/mol. The van der Waals surface area contributed by atoms with Crippen LogP contribution >= 0.6 is 0 Å². The van der Waals surface area contributed by atoms with Gasteiger partial charge in [0.15, 0.2) is 5.69 Å². The van der Waals surface area contributed by atoms with Gasteiger partial charge in [0.1, 0.15) is 5.82 Å². The summed E-state index contributed by atoms with van der Waals surface area (Å²) in [5.74, 6) is -0.258. The third-order valence-corrected chi connectivity index (χ3v) is 12.3. The van der Waals surface area contributed by atoms with Gasteiger partial charge >= 0.3 is 0 Å². The molecule has 0 N–H and O–H groups in total. The minimum atomic E-state index is -0.258. The summed E-state index contributed by atoms with van der Waals surface area (Å²) in [6.45, 7) is 7.80. The molecule has 0 atom stereocenters. The molecule has 300 valence electrons. The van der Waals surface area contributed by atoms with Crippen LogP contribution in [0.25, 0.3) is 93.5 Å². The Labute approximate surface area is 371 Å². The molecule has 0 unspecified atom stereocenters. The van der Waals surface area contributed by atoms with Crippen LogP contribution in [-0.4, -0.2) is 0 Å². The Balaban J connectivity index is 0.866. The molecule has 3 heteroatoms. The number of hydrogen-bond acceptors (Lipinski definition) is 1. The first-order valence-corrected chi connectivity index (χ1v) is 21.5. The smallest absolute Gasteiger partial charge is 0.194 e. The second-order valence-corrected chi connectivity index (χ2v) is 16.1. The van der Waals surface area contributed by atoms with Crippen molar-refractivity contribution in [3.8, 4) is 33.4 Å². The maximum atomic E-state index is 14.0. The molecule has 0 saturated heterocycles. The molecule has 11 rings (SSSR count). The van der Waals surface area contributed by atoms with Crippen molar-refractivity contribution in [3.63, 3.8) is 0 Å². The molecule has 11 aromatic rings. The zero-order chi connectivity index (χ0) is 43.0. The average molecular weight is 819 g/mol. The summed E-state index contributed by atoms with van der Waals surface area (Å²) < 4.78 is 14.0. The lowest BCUT2D eigenvalue weighted by atomic mass is 9.84. The van der Waals surface area contributed by atoms with Crippen molar-refractivity contribution in [2.24, 2.45) is 0 Å². The van der Waals surface area contributed by atoms with Gasteiger partial charge in [-0.25, -0.2) is 9.24 Å². The fourth-order valence-corrected chi connectivity index (χ4v) is 9.22. The Bertz CT molecular complexity index is 3540. The van der Waals surface area contributed by atoms with E-state index in [1.54, 1.807) is 0 Å². The summed E-state index contributed by atoms with van der Waals surface area (Å²) in [5, 5.41) is 9.16. The first-order chi connectivity index (χ1) is 31.6. The Morgan fingerprint density at radius 2 is 0.828 bits per heavy atom. The van der Waals surface area contributed by atoms with E-state index in [-0.39, 0.29) is 5.82 Å². The van der Waals surface area contributed by atoms with E-state index >= 15 is 0 Å². The molecular formula is C61H39FN2. The van der Waals surface area contributed by atoms with Gasteiger partial charge in [-0.1, -0.05) is 188 Å². The highest BCUT2D eigenvalue weighted by atomic mass is 19.1. The highest BCUT2D eigenvalue weighted by Gasteiger charge is 2.19. The van der Waals surface area contributed by atoms with E-state index in [1.807, 2.05) is 36.4 Å². The van der Waals surface area contributed by atoms with Gasteiger partial charge in [0.2, 0.25) is 0 Å². The van der Waals surface area contributed by atoms with Gasteiger partial charge < -0.3 is 4.90 Å². The Hall–Kier alpha value is -8.58. The van der Waals surface area contributed by atoms with E-state index in [9.17, 15) is 4.39 Å². The fraction of sp³-hybridized carbons (Fsp3) is 0. The highest BCUT2D eigenvalue weighted by molar-refractivity contribution is 6.24. The molecule has 0 spiro atoms. The van der Waals surface area contributed by atoms with E-state index in [1.165, 1.54) is 55.8 Å². The first-order valence-electron chi connectivity index (χ1n) is 21.5. The number of fused-ring (bicyclic) bond motifs is 4. The zero-order valence-corrected chi connectivity index (χ0v) is 34.8. The van der Waals surface area contributed by atoms with E-state index in [4.69, 9.17) is 6.57 Å². The molecule has 0 aliphatic rings. The van der Waals surface area contributed by atoms with E-state index in [0.717, 1.165) is 61.0 Å². The van der Waals surface area contributed by atoms with Crippen LogP contribution < -0.4 is 4.90 Å². The van der Waals surface area contributed by atoms with Crippen molar-refractivity contribution < 1.29 is 4.39 Å². The van der Waals surface area contributed by atoms with E-state index in [2.05, 4.69) is 198 Å². The second-order valence-electron chi connectivity index (χ2n) is 16.1. The molecule has 0 radical (unpaired) electrons. The maximum absolute atomic E-state index is 14.0. The molecule has 0 heterocycles. The average Bonchev–Trinajstić information content (AvgIpc) is 3.36. The van der Waals surface area contributed by atoms with Crippen LogP contribution in [0.1, 0.15) is 11.1 Å². The number of rotatable bonds is 8. The number of halogens is 1. The summed E-state index contributed by atoms with van der Waals surface area (Å²) in [6.07, 6.45) is 4.28. The molecule has 0 aliphatic carbocycles. The monoisotopic (exact) mass is 818 g/mol. The lowest BCUT2D eigenvalue weighted by Crippen LogP contribution is -2.09. The third kappa shape index (κ3) is 7.04. The molecule has 0 bridgehead atoms. The van der Waals surface area contributed by atoms with Crippen molar-refractivity contribution in [2.75, 3.05) is 4.90 Å². The van der Waals surface area contributed by atoms with Crippen molar-refractivity contribution in [3.05, 3.63) is 253 Å². The summed E-state index contributed by atoms with van der Waals surface area (Å²) in [7, 11) is 0. The number of hydrogen-bond donors (Lipinski definition) is 0. The topological polar surface area (TPSA) is 7.60 Å². The summed E-state index contributed by atoms with van der Waals surface area (Å²) in [6, 6.07) is 77.3. The van der Waals surface area contributed by atoms with Crippen LogP contribution in [0.5, 0.6) is 0 Å². The van der Waals surface area contributed by atoms with Gasteiger partial charge in [-0.2, -0.15) is 0 Å². The summed E-state index contributed by atoms with van der Waals surface area (Å²) in [4.78, 5) is 5.99. The number of anilines is 3. The number of benzene rings is 11. The second kappa shape index (κ2) is 16.4. The zero-order valence-electron chi connectivity index (χ0n) is 34.8. The van der Waals surface area contributed by atoms with Gasteiger partial charge in [0, 0.05) is 17.1 Å². The van der Waals surface area contributed by atoms with E-state index < -0.39 is 0 Å². The fourth-order valence-electron chi connectivity index (χ4n) is 9.22. The first kappa shape index (κ1) is 38.3. The van der Waals surface area contributed by atoms with Gasteiger partial charge in [0.25, 0.3) is 0 Å². The molecule has 0 fully saturated rings. The van der Waals surface area contributed by atoms with Crippen LogP contribution in [0.4, 0.5) is 27.1 Å². The molecule has 0 aliphatic heterocycles. The minimum absolute atomic E-state index is 0.258. The molecule has 0 amide bonds. The lowest BCUT2D eigenvalue weighted by Gasteiger charge is -2.26. The minimum Gasteiger partial charge on any atom is -0.310 e. The molecule has 11 aromatic carbocycles. The Morgan fingerprint density at radius 1 is 0.375 bits per heavy atom. The Morgan fingerprint density at radius 3 is 1.42 bits per heavy atom. The standard InChI is InChI=1S/C61H39FN2/c1-63-59-39-38-58(52-12-4-5-13-53(52)59)61-56-16-8-6-14-54(56)60(55-15-7-9-17-57(55)61)46-28-26-45(27-29-46)44-24-20-41(21-25-44)18-19-42-22-33-49(34-23-42)64(50-36-31-48(62)32-37-50)51-35-30-43-10-2-3-11-47(43)40-51/h2-40H/b19-18+. The van der Waals surface area contributed by atoms with Gasteiger partial charge in [0.05, 0.1) is 6.57 Å².